The van der Waals surface area contributed by atoms with Crippen LogP contribution in [0.1, 0.15) is 32.6 Å². The number of amides is 2. The molecule has 3 rings (SSSR count). The summed E-state index contributed by atoms with van der Waals surface area (Å²) in [6.07, 6.45) is 3.09. The van der Waals surface area contributed by atoms with E-state index in [1.807, 2.05) is 4.90 Å². The van der Waals surface area contributed by atoms with Crippen LogP contribution in [0.25, 0.3) is 0 Å². The molecular formula is C14H22N2O3. The number of hydrogen-bond acceptors (Lipinski definition) is 3. The standard InChI is InChI=1S/C14H22N2O3/c1-9-4-12(9)16-7-11(6-14(16)18)15-13(17)5-10-2-3-19-8-10/h9-12H,2-8H2,1H3,(H,15,17)/t9-,10+,11+,12+/m1/s1. The molecular weight excluding hydrogens is 244 g/mol. The Morgan fingerprint density at radius 2 is 2.32 bits per heavy atom. The molecule has 0 bridgehead atoms. The van der Waals surface area contributed by atoms with Gasteiger partial charge in [0.2, 0.25) is 11.8 Å². The Morgan fingerprint density at radius 1 is 1.53 bits per heavy atom. The summed E-state index contributed by atoms with van der Waals surface area (Å²) < 4.78 is 5.27. The topological polar surface area (TPSA) is 58.6 Å². The van der Waals surface area contributed by atoms with E-state index in [2.05, 4.69) is 12.2 Å². The van der Waals surface area contributed by atoms with Gasteiger partial charge in [-0.3, -0.25) is 9.59 Å². The smallest absolute Gasteiger partial charge is 0.225 e. The predicted octanol–water partition coefficient (Wildman–Crippen LogP) is 0.538. The van der Waals surface area contributed by atoms with E-state index in [0.717, 1.165) is 19.4 Å². The first kappa shape index (κ1) is 12.9. The molecule has 1 saturated carbocycles. The van der Waals surface area contributed by atoms with Gasteiger partial charge >= 0.3 is 0 Å². The molecule has 0 spiro atoms. The van der Waals surface area contributed by atoms with Crippen molar-refractivity contribution in [1.29, 1.82) is 0 Å². The first-order valence-electron chi connectivity index (χ1n) is 7.30. The summed E-state index contributed by atoms with van der Waals surface area (Å²) in [6.45, 7) is 4.33. The summed E-state index contributed by atoms with van der Waals surface area (Å²) in [7, 11) is 0. The van der Waals surface area contributed by atoms with Gasteiger partial charge in [-0.25, -0.2) is 0 Å². The van der Waals surface area contributed by atoms with E-state index in [1.165, 1.54) is 0 Å². The number of rotatable bonds is 4. The molecule has 2 heterocycles. The van der Waals surface area contributed by atoms with Crippen LogP contribution in [-0.2, 0) is 14.3 Å². The minimum Gasteiger partial charge on any atom is -0.381 e. The molecule has 2 saturated heterocycles. The Morgan fingerprint density at radius 3 is 2.95 bits per heavy atom. The molecule has 2 aliphatic heterocycles. The maximum atomic E-state index is 11.9. The average Bonchev–Trinajstić information content (AvgIpc) is 2.77. The molecule has 0 aromatic carbocycles. The summed E-state index contributed by atoms with van der Waals surface area (Å²) in [5.41, 5.74) is 0. The molecule has 1 aliphatic carbocycles. The van der Waals surface area contributed by atoms with E-state index >= 15 is 0 Å². The lowest BCUT2D eigenvalue weighted by atomic mass is 10.0. The molecule has 0 aromatic rings. The Hall–Kier alpha value is -1.10. The van der Waals surface area contributed by atoms with Gasteiger partial charge < -0.3 is 15.0 Å². The second-order valence-electron chi connectivity index (χ2n) is 6.23. The van der Waals surface area contributed by atoms with Crippen LogP contribution < -0.4 is 5.32 Å². The van der Waals surface area contributed by atoms with Crippen LogP contribution in [0, 0.1) is 11.8 Å². The van der Waals surface area contributed by atoms with Crippen molar-refractivity contribution in [3.05, 3.63) is 0 Å². The monoisotopic (exact) mass is 266 g/mol. The van der Waals surface area contributed by atoms with Gasteiger partial charge in [-0.05, 0) is 24.7 Å². The Labute approximate surface area is 113 Å². The van der Waals surface area contributed by atoms with Crippen LogP contribution >= 0.6 is 0 Å². The lowest BCUT2D eigenvalue weighted by Gasteiger charge is -2.17. The molecule has 19 heavy (non-hydrogen) atoms. The highest BCUT2D eigenvalue weighted by Gasteiger charge is 2.44. The van der Waals surface area contributed by atoms with E-state index in [1.54, 1.807) is 0 Å². The summed E-state index contributed by atoms with van der Waals surface area (Å²) in [5, 5.41) is 3.01. The quantitative estimate of drug-likeness (QED) is 0.808. The highest BCUT2D eigenvalue weighted by atomic mass is 16.5. The molecule has 1 N–H and O–H groups in total. The number of hydrogen-bond donors (Lipinski definition) is 1. The number of likely N-dealkylation sites (tertiary alicyclic amines) is 1. The lowest BCUT2D eigenvalue weighted by molar-refractivity contribution is -0.128. The fourth-order valence-electron chi connectivity index (χ4n) is 3.18. The molecule has 5 heteroatoms. The van der Waals surface area contributed by atoms with Crippen LogP contribution in [0.5, 0.6) is 0 Å². The number of ether oxygens (including phenoxy) is 1. The zero-order valence-electron chi connectivity index (χ0n) is 11.4. The van der Waals surface area contributed by atoms with Crippen LogP contribution in [0.3, 0.4) is 0 Å². The van der Waals surface area contributed by atoms with Crippen molar-refractivity contribution in [2.24, 2.45) is 11.8 Å². The predicted molar refractivity (Wildman–Crippen MR) is 69.4 cm³/mol. The first-order valence-corrected chi connectivity index (χ1v) is 7.30. The zero-order chi connectivity index (χ0) is 13.4. The molecule has 106 valence electrons. The first-order chi connectivity index (χ1) is 9.13. The molecule has 3 aliphatic rings. The minimum absolute atomic E-state index is 0.00937. The largest absolute Gasteiger partial charge is 0.381 e. The molecule has 0 unspecified atom stereocenters. The van der Waals surface area contributed by atoms with Gasteiger partial charge in [-0.1, -0.05) is 6.92 Å². The molecule has 2 amide bonds. The highest BCUT2D eigenvalue weighted by Crippen LogP contribution is 2.37. The third kappa shape index (κ3) is 2.91. The second-order valence-corrected chi connectivity index (χ2v) is 6.23. The van der Waals surface area contributed by atoms with Crippen molar-refractivity contribution in [2.45, 2.75) is 44.7 Å². The van der Waals surface area contributed by atoms with Crippen molar-refractivity contribution in [3.8, 4) is 0 Å². The minimum atomic E-state index is 0.00937. The van der Waals surface area contributed by atoms with Gasteiger partial charge in [0, 0.05) is 38.6 Å². The van der Waals surface area contributed by atoms with Crippen molar-refractivity contribution < 1.29 is 14.3 Å². The summed E-state index contributed by atoms with van der Waals surface area (Å²) in [4.78, 5) is 25.8. The van der Waals surface area contributed by atoms with Gasteiger partial charge in [-0.2, -0.15) is 0 Å². The van der Waals surface area contributed by atoms with E-state index in [9.17, 15) is 9.59 Å². The van der Waals surface area contributed by atoms with Crippen molar-refractivity contribution in [3.63, 3.8) is 0 Å². The Kier molecular flexibility index (Phi) is 3.48. The fourth-order valence-corrected chi connectivity index (χ4v) is 3.18. The second kappa shape index (κ2) is 5.12. The fraction of sp³-hybridized carbons (Fsp3) is 0.857. The van der Waals surface area contributed by atoms with E-state index < -0.39 is 0 Å². The SMILES string of the molecule is C[C@@H]1C[C@@H]1N1C[C@@H](NC(=O)C[C@@H]2CCOC2)CC1=O. The van der Waals surface area contributed by atoms with E-state index in [4.69, 9.17) is 4.74 Å². The van der Waals surface area contributed by atoms with Crippen LogP contribution in [-0.4, -0.2) is 48.6 Å². The van der Waals surface area contributed by atoms with E-state index in [0.29, 0.717) is 43.9 Å². The maximum Gasteiger partial charge on any atom is 0.225 e. The van der Waals surface area contributed by atoms with Crippen LogP contribution in [0.15, 0.2) is 0 Å². The van der Waals surface area contributed by atoms with Crippen molar-refractivity contribution in [1.82, 2.24) is 10.2 Å². The molecule has 0 aromatic heterocycles. The van der Waals surface area contributed by atoms with E-state index in [-0.39, 0.29) is 17.9 Å². The average molecular weight is 266 g/mol. The molecule has 4 atom stereocenters. The van der Waals surface area contributed by atoms with Crippen LogP contribution in [0.2, 0.25) is 0 Å². The zero-order valence-corrected chi connectivity index (χ0v) is 11.4. The Balaban J connectivity index is 1.45. The maximum absolute atomic E-state index is 11.9. The highest BCUT2D eigenvalue weighted by molar-refractivity contribution is 5.82. The molecule has 3 fully saturated rings. The third-order valence-electron chi connectivity index (χ3n) is 4.49. The summed E-state index contributed by atoms with van der Waals surface area (Å²) in [6, 6.07) is 0.438. The molecule has 0 radical (unpaired) electrons. The van der Waals surface area contributed by atoms with Crippen molar-refractivity contribution in [2.75, 3.05) is 19.8 Å². The van der Waals surface area contributed by atoms with Gasteiger partial charge in [0.25, 0.3) is 0 Å². The third-order valence-corrected chi connectivity index (χ3v) is 4.49. The number of nitrogens with one attached hydrogen (secondary N) is 1. The number of carbonyl (C=O) groups excluding carboxylic acids is 2. The molecule has 5 nitrogen and oxygen atoms in total. The van der Waals surface area contributed by atoms with Crippen molar-refractivity contribution >= 4 is 11.8 Å². The van der Waals surface area contributed by atoms with Gasteiger partial charge in [-0.15, -0.1) is 0 Å². The normalized spacial score (nSPS) is 37.7. The van der Waals surface area contributed by atoms with Gasteiger partial charge in [0.1, 0.15) is 0 Å². The Bertz CT molecular complexity index is 379. The van der Waals surface area contributed by atoms with Gasteiger partial charge in [0.05, 0.1) is 6.04 Å². The van der Waals surface area contributed by atoms with Gasteiger partial charge in [0.15, 0.2) is 0 Å². The summed E-state index contributed by atoms with van der Waals surface area (Å²) in [5.74, 6) is 1.26. The van der Waals surface area contributed by atoms with Crippen LogP contribution in [0.4, 0.5) is 0 Å². The summed E-state index contributed by atoms with van der Waals surface area (Å²) >= 11 is 0. The number of carbonyl (C=O) groups is 2. The number of nitrogens with zero attached hydrogens (tertiary/aromatic N) is 1. The lowest BCUT2D eigenvalue weighted by Crippen LogP contribution is -2.38.